The molecule has 0 spiro atoms. The number of rotatable bonds is 6. The van der Waals surface area contributed by atoms with Gasteiger partial charge in [-0.25, -0.2) is 0 Å². The van der Waals surface area contributed by atoms with Gasteiger partial charge in [0.2, 0.25) is 5.91 Å². The maximum atomic E-state index is 10.9. The van der Waals surface area contributed by atoms with Crippen molar-refractivity contribution in [3.63, 3.8) is 0 Å². The summed E-state index contributed by atoms with van der Waals surface area (Å²) in [5.74, 6) is 0.200. The van der Waals surface area contributed by atoms with Gasteiger partial charge in [0.05, 0.1) is 6.61 Å². The molecule has 0 saturated heterocycles. The third-order valence-electron chi connectivity index (χ3n) is 2.06. The van der Waals surface area contributed by atoms with Crippen molar-refractivity contribution in [2.75, 3.05) is 20.3 Å². The number of carbonyl (C=O) groups excluding carboxylic acids is 1. The summed E-state index contributed by atoms with van der Waals surface area (Å²) in [6.45, 7) is 4.62. The zero-order chi connectivity index (χ0) is 12.0. The van der Waals surface area contributed by atoms with E-state index in [-0.39, 0.29) is 0 Å². The third-order valence-corrected chi connectivity index (χ3v) is 2.06. The summed E-state index contributed by atoms with van der Waals surface area (Å²) in [6, 6.07) is 7.02. The second kappa shape index (κ2) is 5.92. The lowest BCUT2D eigenvalue weighted by Gasteiger charge is -2.06. The minimum absolute atomic E-state index is 0.295. The number of hydrogen-bond donors (Lipinski definition) is 1. The van der Waals surface area contributed by atoms with Crippen LogP contribution in [0.25, 0.3) is 5.57 Å². The van der Waals surface area contributed by atoms with E-state index in [1.165, 1.54) is 0 Å². The lowest BCUT2D eigenvalue weighted by Crippen LogP contribution is -2.11. The smallest absolute Gasteiger partial charge is 0.248 e. The molecule has 86 valence electrons. The number of benzene rings is 1. The van der Waals surface area contributed by atoms with Gasteiger partial charge < -0.3 is 15.2 Å². The highest BCUT2D eigenvalue weighted by molar-refractivity contribution is 6.17. The van der Waals surface area contributed by atoms with Crippen molar-refractivity contribution in [2.24, 2.45) is 5.73 Å². The average molecular weight is 221 g/mol. The Kier molecular flexibility index (Phi) is 4.54. The first-order chi connectivity index (χ1) is 7.65. The quantitative estimate of drug-likeness (QED) is 0.580. The van der Waals surface area contributed by atoms with Crippen molar-refractivity contribution in [1.29, 1.82) is 0 Å². The standard InChI is InChI=1S/C12H15NO3/c1-9(12(13)14)10-3-5-11(6-4-10)16-8-7-15-2/h3-6H,1,7-8H2,2H3,(H2,13,14). The number of methoxy groups -OCH3 is 1. The Bertz CT molecular complexity index is 370. The molecular weight excluding hydrogens is 206 g/mol. The van der Waals surface area contributed by atoms with Crippen LogP contribution in [0.2, 0.25) is 0 Å². The van der Waals surface area contributed by atoms with Crippen LogP contribution in [0.5, 0.6) is 5.75 Å². The summed E-state index contributed by atoms with van der Waals surface area (Å²) in [7, 11) is 1.61. The van der Waals surface area contributed by atoms with Gasteiger partial charge in [-0.2, -0.15) is 0 Å². The lowest BCUT2D eigenvalue weighted by atomic mass is 10.1. The number of carbonyl (C=O) groups is 1. The molecular formula is C12H15NO3. The predicted octanol–water partition coefficient (Wildman–Crippen LogP) is 1.21. The van der Waals surface area contributed by atoms with Crippen molar-refractivity contribution in [1.82, 2.24) is 0 Å². The minimum Gasteiger partial charge on any atom is -0.491 e. The maximum Gasteiger partial charge on any atom is 0.248 e. The van der Waals surface area contributed by atoms with Crippen molar-refractivity contribution >= 4 is 11.5 Å². The first kappa shape index (κ1) is 12.3. The normalized spacial score (nSPS) is 9.81. The van der Waals surface area contributed by atoms with Crippen molar-refractivity contribution in [2.45, 2.75) is 0 Å². The number of ether oxygens (including phenoxy) is 2. The number of hydrogen-bond acceptors (Lipinski definition) is 3. The summed E-state index contributed by atoms with van der Waals surface area (Å²) in [6.07, 6.45) is 0. The fourth-order valence-corrected chi connectivity index (χ4v) is 1.14. The van der Waals surface area contributed by atoms with Gasteiger partial charge in [0.1, 0.15) is 12.4 Å². The van der Waals surface area contributed by atoms with Crippen LogP contribution in [-0.2, 0) is 9.53 Å². The summed E-state index contributed by atoms with van der Waals surface area (Å²) in [5, 5.41) is 0. The summed E-state index contributed by atoms with van der Waals surface area (Å²) in [5.41, 5.74) is 6.11. The predicted molar refractivity (Wildman–Crippen MR) is 62.0 cm³/mol. The molecule has 4 heteroatoms. The largest absolute Gasteiger partial charge is 0.491 e. The highest BCUT2D eigenvalue weighted by atomic mass is 16.5. The maximum absolute atomic E-state index is 10.9. The molecule has 1 aromatic rings. The van der Waals surface area contributed by atoms with Crippen molar-refractivity contribution < 1.29 is 14.3 Å². The average Bonchev–Trinajstić information content (AvgIpc) is 2.29. The van der Waals surface area contributed by atoms with E-state index in [0.29, 0.717) is 24.4 Å². The fraction of sp³-hybridized carbons (Fsp3) is 0.250. The topological polar surface area (TPSA) is 61.6 Å². The molecule has 0 saturated carbocycles. The fourth-order valence-electron chi connectivity index (χ4n) is 1.14. The van der Waals surface area contributed by atoms with Crippen LogP contribution >= 0.6 is 0 Å². The number of primary amides is 1. The van der Waals surface area contributed by atoms with Gasteiger partial charge in [-0.1, -0.05) is 18.7 Å². The van der Waals surface area contributed by atoms with Crippen LogP contribution in [0.4, 0.5) is 0 Å². The molecule has 4 nitrogen and oxygen atoms in total. The number of amides is 1. The van der Waals surface area contributed by atoms with E-state index in [1.54, 1.807) is 31.4 Å². The van der Waals surface area contributed by atoms with Gasteiger partial charge in [-0.15, -0.1) is 0 Å². The summed E-state index contributed by atoms with van der Waals surface area (Å²) >= 11 is 0. The SMILES string of the molecule is C=C(C(N)=O)c1ccc(OCCOC)cc1. The van der Waals surface area contributed by atoms with Gasteiger partial charge in [-0.05, 0) is 17.7 Å². The Hall–Kier alpha value is -1.81. The molecule has 1 aromatic carbocycles. The molecule has 0 aliphatic heterocycles. The summed E-state index contributed by atoms with van der Waals surface area (Å²) < 4.78 is 10.2. The molecule has 0 radical (unpaired) electrons. The molecule has 0 heterocycles. The Labute approximate surface area is 94.7 Å². The highest BCUT2D eigenvalue weighted by Gasteiger charge is 2.04. The Morgan fingerprint density at radius 3 is 2.44 bits per heavy atom. The molecule has 0 bridgehead atoms. The molecule has 0 fully saturated rings. The van der Waals surface area contributed by atoms with Crippen LogP contribution in [0.3, 0.4) is 0 Å². The van der Waals surface area contributed by atoms with Gasteiger partial charge in [0.25, 0.3) is 0 Å². The van der Waals surface area contributed by atoms with Crippen LogP contribution in [-0.4, -0.2) is 26.2 Å². The van der Waals surface area contributed by atoms with Crippen molar-refractivity contribution in [3.8, 4) is 5.75 Å². The molecule has 2 N–H and O–H groups in total. The van der Waals surface area contributed by atoms with E-state index in [1.807, 2.05) is 0 Å². The molecule has 1 amide bonds. The highest BCUT2D eigenvalue weighted by Crippen LogP contribution is 2.17. The minimum atomic E-state index is -0.520. The second-order valence-electron chi connectivity index (χ2n) is 3.21. The van der Waals surface area contributed by atoms with Gasteiger partial charge >= 0.3 is 0 Å². The zero-order valence-corrected chi connectivity index (χ0v) is 9.23. The molecule has 16 heavy (non-hydrogen) atoms. The molecule has 0 aromatic heterocycles. The first-order valence-electron chi connectivity index (χ1n) is 4.86. The monoisotopic (exact) mass is 221 g/mol. The first-order valence-corrected chi connectivity index (χ1v) is 4.86. The van der Waals surface area contributed by atoms with Gasteiger partial charge in [0, 0.05) is 12.7 Å². The van der Waals surface area contributed by atoms with Crippen LogP contribution in [0, 0.1) is 0 Å². The third kappa shape index (κ3) is 3.40. The Morgan fingerprint density at radius 2 is 1.94 bits per heavy atom. The molecule has 0 aliphatic carbocycles. The van der Waals surface area contributed by atoms with Gasteiger partial charge in [-0.3, -0.25) is 4.79 Å². The number of nitrogens with two attached hydrogens (primary N) is 1. The van der Waals surface area contributed by atoms with Gasteiger partial charge in [0.15, 0.2) is 0 Å². The van der Waals surface area contributed by atoms with E-state index in [4.69, 9.17) is 15.2 Å². The van der Waals surface area contributed by atoms with Crippen LogP contribution < -0.4 is 10.5 Å². The molecule has 0 aliphatic rings. The Balaban J connectivity index is 2.61. The Morgan fingerprint density at radius 1 is 1.31 bits per heavy atom. The molecule has 0 atom stereocenters. The lowest BCUT2D eigenvalue weighted by molar-refractivity contribution is -0.112. The second-order valence-corrected chi connectivity index (χ2v) is 3.21. The van der Waals surface area contributed by atoms with Crippen LogP contribution in [0.1, 0.15) is 5.56 Å². The van der Waals surface area contributed by atoms with E-state index >= 15 is 0 Å². The van der Waals surface area contributed by atoms with E-state index in [2.05, 4.69) is 6.58 Å². The zero-order valence-electron chi connectivity index (χ0n) is 9.23. The summed E-state index contributed by atoms with van der Waals surface area (Å²) in [4.78, 5) is 10.9. The van der Waals surface area contributed by atoms with E-state index in [9.17, 15) is 4.79 Å². The molecule has 1 rings (SSSR count). The molecule has 0 unspecified atom stereocenters. The van der Waals surface area contributed by atoms with E-state index in [0.717, 1.165) is 5.75 Å². The van der Waals surface area contributed by atoms with Crippen molar-refractivity contribution in [3.05, 3.63) is 36.4 Å². The van der Waals surface area contributed by atoms with Crippen LogP contribution in [0.15, 0.2) is 30.8 Å². The van der Waals surface area contributed by atoms with E-state index < -0.39 is 5.91 Å².